The highest BCUT2D eigenvalue weighted by atomic mass is 35.5. The van der Waals surface area contributed by atoms with E-state index >= 15 is 0 Å². The van der Waals surface area contributed by atoms with Gasteiger partial charge >= 0.3 is 0 Å². The summed E-state index contributed by atoms with van der Waals surface area (Å²) in [5.41, 5.74) is 0.992. The molecule has 1 aliphatic heterocycles. The molecule has 2 aliphatic rings. The molecule has 0 aromatic heterocycles. The number of sulfonamides is 1. The zero-order valence-corrected chi connectivity index (χ0v) is 14.6. The molecule has 1 saturated carbocycles. The summed E-state index contributed by atoms with van der Waals surface area (Å²) in [4.78, 5) is 0.335. The van der Waals surface area contributed by atoms with Crippen molar-refractivity contribution in [2.45, 2.75) is 43.6 Å². The summed E-state index contributed by atoms with van der Waals surface area (Å²) in [6.07, 6.45) is 4.32. The number of hydrogen-bond donors (Lipinski definition) is 0. The fourth-order valence-electron chi connectivity index (χ4n) is 3.71. The molecule has 1 saturated heterocycles. The molecule has 4 nitrogen and oxygen atoms in total. The minimum atomic E-state index is -3.43. The van der Waals surface area contributed by atoms with E-state index in [2.05, 4.69) is 0 Å². The number of ether oxygens (including phenoxy) is 1. The van der Waals surface area contributed by atoms with Crippen LogP contribution in [0.25, 0.3) is 0 Å². The number of benzene rings is 1. The Bertz CT molecular complexity index is 664. The van der Waals surface area contributed by atoms with Gasteiger partial charge in [-0.05, 0) is 61.8 Å². The molecule has 1 heterocycles. The zero-order chi connectivity index (χ0) is 16.0. The van der Waals surface area contributed by atoms with Crippen LogP contribution in [0.5, 0.6) is 0 Å². The van der Waals surface area contributed by atoms with Crippen molar-refractivity contribution in [1.82, 2.24) is 4.31 Å². The third-order valence-electron chi connectivity index (χ3n) is 5.36. The number of rotatable bonds is 3. The number of nitrogens with zero attached hydrogens (tertiary/aromatic N) is 1. The molecule has 6 heteroatoms. The maximum absolute atomic E-state index is 12.8. The molecule has 122 valence electrons. The Hall–Kier alpha value is -0.620. The highest BCUT2D eigenvalue weighted by Gasteiger charge is 2.49. The van der Waals surface area contributed by atoms with Crippen molar-refractivity contribution in [2.75, 3.05) is 20.2 Å². The molecule has 0 radical (unpaired) electrons. The van der Waals surface area contributed by atoms with Crippen LogP contribution in [0.15, 0.2) is 23.1 Å². The molecule has 1 aromatic carbocycles. The highest BCUT2D eigenvalue weighted by molar-refractivity contribution is 7.89. The van der Waals surface area contributed by atoms with Gasteiger partial charge in [0.15, 0.2) is 0 Å². The van der Waals surface area contributed by atoms with Gasteiger partial charge in [0.2, 0.25) is 10.0 Å². The molecule has 1 unspecified atom stereocenters. The topological polar surface area (TPSA) is 46.6 Å². The van der Waals surface area contributed by atoms with Crippen LogP contribution < -0.4 is 0 Å². The third-order valence-corrected chi connectivity index (χ3v) is 7.68. The summed E-state index contributed by atoms with van der Waals surface area (Å²) in [7, 11) is -1.67. The van der Waals surface area contributed by atoms with Gasteiger partial charge < -0.3 is 4.74 Å². The Kier molecular flexibility index (Phi) is 4.27. The Morgan fingerprint density at radius 1 is 1.27 bits per heavy atom. The van der Waals surface area contributed by atoms with Crippen LogP contribution in [0.3, 0.4) is 0 Å². The minimum Gasteiger partial charge on any atom is -0.381 e. The molecule has 0 N–H and O–H groups in total. The van der Waals surface area contributed by atoms with Gasteiger partial charge in [-0.25, -0.2) is 8.42 Å². The fraction of sp³-hybridized carbons (Fsp3) is 0.625. The van der Waals surface area contributed by atoms with E-state index < -0.39 is 10.0 Å². The van der Waals surface area contributed by atoms with E-state index in [0.29, 0.717) is 29.1 Å². The summed E-state index contributed by atoms with van der Waals surface area (Å²) < 4.78 is 32.7. The molecular formula is C16H22ClNO3S. The fourth-order valence-corrected chi connectivity index (χ4v) is 5.35. The summed E-state index contributed by atoms with van der Waals surface area (Å²) >= 11 is 5.99. The second kappa shape index (κ2) is 5.78. The van der Waals surface area contributed by atoms with E-state index in [1.165, 1.54) is 0 Å². The van der Waals surface area contributed by atoms with E-state index in [-0.39, 0.29) is 5.41 Å². The number of aryl methyl sites for hydroxylation is 1. The highest BCUT2D eigenvalue weighted by Crippen LogP contribution is 2.51. The largest absolute Gasteiger partial charge is 0.381 e. The van der Waals surface area contributed by atoms with E-state index in [9.17, 15) is 8.42 Å². The van der Waals surface area contributed by atoms with Gasteiger partial charge in [-0.15, -0.1) is 0 Å². The lowest BCUT2D eigenvalue weighted by Crippen LogP contribution is -2.53. The van der Waals surface area contributed by atoms with Crippen molar-refractivity contribution >= 4 is 21.6 Å². The number of methoxy groups -OCH3 is 1. The molecule has 22 heavy (non-hydrogen) atoms. The molecule has 1 atom stereocenters. The monoisotopic (exact) mass is 343 g/mol. The molecule has 1 aliphatic carbocycles. The van der Waals surface area contributed by atoms with Crippen LogP contribution in [-0.2, 0) is 14.8 Å². The van der Waals surface area contributed by atoms with Gasteiger partial charge in [0.1, 0.15) is 0 Å². The van der Waals surface area contributed by atoms with Crippen molar-refractivity contribution in [3.05, 3.63) is 28.8 Å². The van der Waals surface area contributed by atoms with Crippen molar-refractivity contribution in [2.24, 2.45) is 5.41 Å². The first kappa shape index (κ1) is 16.2. The normalized spacial score (nSPS) is 25.1. The number of halogens is 1. The average molecular weight is 344 g/mol. The molecule has 0 amide bonds. The zero-order valence-electron chi connectivity index (χ0n) is 13.0. The summed E-state index contributed by atoms with van der Waals surface area (Å²) in [6, 6.07) is 4.90. The number of piperidine rings is 1. The third kappa shape index (κ3) is 2.58. The predicted octanol–water partition coefficient (Wildman–Crippen LogP) is 3.23. The molecular weight excluding hydrogens is 322 g/mol. The van der Waals surface area contributed by atoms with E-state index in [1.807, 2.05) is 6.92 Å². The van der Waals surface area contributed by atoms with Gasteiger partial charge in [-0.3, -0.25) is 0 Å². The quantitative estimate of drug-likeness (QED) is 0.846. The van der Waals surface area contributed by atoms with Gasteiger partial charge in [-0.2, -0.15) is 4.31 Å². The van der Waals surface area contributed by atoms with Crippen LogP contribution in [0.1, 0.15) is 31.2 Å². The van der Waals surface area contributed by atoms with Crippen LogP contribution in [0, 0.1) is 12.3 Å². The first-order valence-corrected chi connectivity index (χ1v) is 9.50. The Morgan fingerprint density at radius 3 is 2.45 bits per heavy atom. The summed E-state index contributed by atoms with van der Waals surface area (Å²) in [5, 5.41) is 0.592. The van der Waals surface area contributed by atoms with Crippen molar-refractivity contribution < 1.29 is 13.2 Å². The molecule has 0 bridgehead atoms. The second-order valence-electron chi connectivity index (χ2n) is 6.44. The predicted molar refractivity (Wildman–Crippen MR) is 86.6 cm³/mol. The van der Waals surface area contributed by atoms with Crippen LogP contribution in [-0.4, -0.2) is 39.0 Å². The molecule has 1 spiro atoms. The van der Waals surface area contributed by atoms with Crippen LogP contribution in [0.4, 0.5) is 0 Å². The SMILES string of the molecule is COC1CCC12CCN(S(=O)(=O)c1ccc(Cl)c(C)c1)CC2. The lowest BCUT2D eigenvalue weighted by Gasteiger charge is -2.52. The Morgan fingerprint density at radius 2 is 1.95 bits per heavy atom. The molecule has 2 fully saturated rings. The Balaban J connectivity index is 1.76. The van der Waals surface area contributed by atoms with Gasteiger partial charge in [0, 0.05) is 25.2 Å². The van der Waals surface area contributed by atoms with Crippen LogP contribution >= 0.6 is 11.6 Å². The molecule has 3 rings (SSSR count). The standard InChI is InChI=1S/C16H22ClNO3S/c1-12-11-13(3-4-14(12)17)22(19,20)18-9-7-16(8-10-18)6-5-15(16)21-2/h3-4,11,15H,5-10H2,1-2H3. The van der Waals surface area contributed by atoms with Crippen molar-refractivity contribution in [3.63, 3.8) is 0 Å². The Labute approximate surface area is 137 Å². The second-order valence-corrected chi connectivity index (χ2v) is 8.79. The minimum absolute atomic E-state index is 0.205. The van der Waals surface area contributed by atoms with E-state index in [1.54, 1.807) is 29.6 Å². The first-order valence-electron chi connectivity index (χ1n) is 7.68. The maximum Gasteiger partial charge on any atom is 0.243 e. The van der Waals surface area contributed by atoms with E-state index in [4.69, 9.17) is 16.3 Å². The maximum atomic E-state index is 12.8. The van der Waals surface area contributed by atoms with Gasteiger partial charge in [-0.1, -0.05) is 11.6 Å². The van der Waals surface area contributed by atoms with Gasteiger partial charge in [0.05, 0.1) is 11.0 Å². The summed E-state index contributed by atoms with van der Waals surface area (Å²) in [5.74, 6) is 0. The lowest BCUT2D eigenvalue weighted by molar-refractivity contribution is -0.113. The first-order chi connectivity index (χ1) is 10.4. The van der Waals surface area contributed by atoms with E-state index in [0.717, 1.165) is 31.2 Å². The van der Waals surface area contributed by atoms with Gasteiger partial charge in [0.25, 0.3) is 0 Å². The summed E-state index contributed by atoms with van der Waals surface area (Å²) in [6.45, 7) is 2.97. The van der Waals surface area contributed by atoms with Crippen molar-refractivity contribution in [1.29, 1.82) is 0 Å². The average Bonchev–Trinajstić information content (AvgIpc) is 2.49. The van der Waals surface area contributed by atoms with Crippen molar-refractivity contribution in [3.8, 4) is 0 Å². The molecule has 1 aromatic rings. The smallest absolute Gasteiger partial charge is 0.243 e. The lowest BCUT2D eigenvalue weighted by atomic mass is 9.61. The van der Waals surface area contributed by atoms with Crippen LogP contribution in [0.2, 0.25) is 5.02 Å². The number of hydrogen-bond acceptors (Lipinski definition) is 3.